The van der Waals surface area contributed by atoms with Crippen molar-refractivity contribution in [3.63, 3.8) is 0 Å². The molecule has 2 aromatic heterocycles. The summed E-state index contributed by atoms with van der Waals surface area (Å²) < 4.78 is 27.6. The van der Waals surface area contributed by atoms with Crippen LogP contribution in [0.3, 0.4) is 0 Å². The quantitative estimate of drug-likeness (QED) is 0.789. The summed E-state index contributed by atoms with van der Waals surface area (Å²) in [5.41, 5.74) is 0.202. The van der Waals surface area contributed by atoms with Crippen LogP contribution in [0.15, 0.2) is 18.3 Å². The molecule has 0 aliphatic heterocycles. The minimum atomic E-state index is -3.06. The largest absolute Gasteiger partial charge is 0.545 e. The number of carboxylic acids is 1. The molecule has 0 spiro atoms. The minimum absolute atomic E-state index is 0.0773. The number of carboxylic acid groups (broad SMARTS) is 1. The number of aromatic nitrogens is 2. The van der Waals surface area contributed by atoms with Crippen LogP contribution < -0.4 is 5.11 Å². The Bertz CT molecular complexity index is 599. The number of halogens is 2. The topological polar surface area (TPSA) is 57.4 Å². The van der Waals surface area contributed by atoms with E-state index in [2.05, 4.69) is 4.98 Å². The number of alkyl halides is 2. The lowest BCUT2D eigenvalue weighted by atomic mass is 10.2. The highest BCUT2D eigenvalue weighted by atomic mass is 19.3. The zero-order valence-corrected chi connectivity index (χ0v) is 9.20. The van der Waals surface area contributed by atoms with Crippen molar-refractivity contribution >= 4 is 11.6 Å². The average molecular weight is 239 g/mol. The number of aromatic carboxylic acids is 1. The normalized spacial score (nSPS) is 12.0. The van der Waals surface area contributed by atoms with Gasteiger partial charge in [-0.3, -0.25) is 0 Å². The molecular formula is C11H9F2N2O2-. The summed E-state index contributed by atoms with van der Waals surface area (Å²) in [7, 11) is 0. The summed E-state index contributed by atoms with van der Waals surface area (Å²) >= 11 is 0. The Balaban J connectivity index is 2.69. The van der Waals surface area contributed by atoms with Crippen molar-refractivity contribution in [1.29, 1.82) is 0 Å². The van der Waals surface area contributed by atoms with Crippen molar-refractivity contribution < 1.29 is 18.7 Å². The molecule has 2 heterocycles. The molecular weight excluding hydrogens is 230 g/mol. The van der Waals surface area contributed by atoms with Crippen molar-refractivity contribution in [3.05, 3.63) is 35.3 Å². The molecule has 4 nitrogen and oxygen atoms in total. The first-order valence-corrected chi connectivity index (χ1v) is 4.88. The number of nitrogens with zero attached hydrogens (tertiary/aromatic N) is 2. The number of carbonyl (C=O) groups is 1. The molecule has 0 atom stereocenters. The van der Waals surface area contributed by atoms with E-state index in [0.29, 0.717) is 5.69 Å². The van der Waals surface area contributed by atoms with Crippen molar-refractivity contribution in [2.45, 2.75) is 19.8 Å². The van der Waals surface area contributed by atoms with Gasteiger partial charge in [0.2, 0.25) is 0 Å². The fourth-order valence-corrected chi connectivity index (χ4v) is 1.58. The highest BCUT2D eigenvalue weighted by molar-refractivity contribution is 5.87. The van der Waals surface area contributed by atoms with Crippen LogP contribution in [-0.2, 0) is 5.92 Å². The van der Waals surface area contributed by atoms with Crippen LogP contribution in [0.1, 0.15) is 28.7 Å². The first-order valence-electron chi connectivity index (χ1n) is 4.88. The zero-order chi connectivity index (χ0) is 12.8. The van der Waals surface area contributed by atoms with E-state index in [1.807, 2.05) is 0 Å². The van der Waals surface area contributed by atoms with Gasteiger partial charge in [-0.2, -0.15) is 8.78 Å². The Morgan fingerprint density at radius 3 is 2.65 bits per heavy atom. The Hall–Kier alpha value is -1.98. The predicted octanol–water partition coefficient (Wildman–Crippen LogP) is 1.12. The lowest BCUT2D eigenvalue weighted by Gasteiger charge is -2.05. The number of fused-ring (bicyclic) bond motifs is 1. The van der Waals surface area contributed by atoms with Crippen LogP contribution in [0, 0.1) is 6.92 Å². The molecule has 0 bridgehead atoms. The van der Waals surface area contributed by atoms with Gasteiger partial charge in [-0.25, -0.2) is 4.98 Å². The number of pyridine rings is 1. The number of carbonyl (C=O) groups excluding carboxylic acids is 1. The summed E-state index contributed by atoms with van der Waals surface area (Å²) in [4.78, 5) is 14.4. The van der Waals surface area contributed by atoms with Crippen LogP contribution in [0.5, 0.6) is 0 Å². The van der Waals surface area contributed by atoms with Gasteiger partial charge in [-0.1, -0.05) is 0 Å². The molecule has 0 aliphatic carbocycles. The second kappa shape index (κ2) is 3.51. The third-order valence-corrected chi connectivity index (χ3v) is 2.45. The Morgan fingerprint density at radius 2 is 2.12 bits per heavy atom. The van der Waals surface area contributed by atoms with E-state index >= 15 is 0 Å². The van der Waals surface area contributed by atoms with Gasteiger partial charge in [0.25, 0.3) is 5.92 Å². The van der Waals surface area contributed by atoms with E-state index in [9.17, 15) is 18.7 Å². The van der Waals surface area contributed by atoms with Gasteiger partial charge < -0.3 is 14.3 Å². The standard InChI is InChI=1S/C11H10F2N2O2/c1-6-3-7(10(16)17)4-9-14-8(5-15(6)9)11(2,12)13/h3-5H,1-2H3,(H,16,17)/p-1. The third-order valence-electron chi connectivity index (χ3n) is 2.45. The van der Waals surface area contributed by atoms with Gasteiger partial charge in [0.1, 0.15) is 11.3 Å². The van der Waals surface area contributed by atoms with Gasteiger partial charge in [0.15, 0.2) is 0 Å². The van der Waals surface area contributed by atoms with Crippen molar-refractivity contribution in [2.24, 2.45) is 0 Å². The van der Waals surface area contributed by atoms with Crippen molar-refractivity contribution in [1.82, 2.24) is 9.38 Å². The predicted molar refractivity (Wildman–Crippen MR) is 53.8 cm³/mol. The zero-order valence-electron chi connectivity index (χ0n) is 9.20. The van der Waals surface area contributed by atoms with Crippen LogP contribution in [0.25, 0.3) is 5.65 Å². The van der Waals surface area contributed by atoms with E-state index in [1.54, 1.807) is 6.92 Å². The number of rotatable bonds is 2. The molecule has 0 fully saturated rings. The lowest BCUT2D eigenvalue weighted by molar-refractivity contribution is -0.255. The maximum atomic E-state index is 13.1. The first kappa shape index (κ1) is 11.5. The van der Waals surface area contributed by atoms with Crippen LogP contribution in [-0.4, -0.2) is 15.4 Å². The van der Waals surface area contributed by atoms with E-state index in [0.717, 1.165) is 6.92 Å². The molecule has 0 saturated carbocycles. The molecule has 6 heteroatoms. The smallest absolute Gasteiger partial charge is 0.288 e. The third kappa shape index (κ3) is 1.98. The summed E-state index contributed by atoms with van der Waals surface area (Å²) in [5, 5.41) is 10.7. The Kier molecular flexibility index (Phi) is 2.38. The maximum Gasteiger partial charge on any atom is 0.288 e. The number of aryl methyl sites for hydroxylation is 1. The second-order valence-electron chi connectivity index (χ2n) is 3.92. The Morgan fingerprint density at radius 1 is 1.47 bits per heavy atom. The van der Waals surface area contributed by atoms with Gasteiger partial charge in [0.05, 0.1) is 5.97 Å². The molecule has 0 saturated heterocycles. The molecule has 17 heavy (non-hydrogen) atoms. The Labute approximate surface area is 95.5 Å². The maximum absolute atomic E-state index is 13.1. The highest BCUT2D eigenvalue weighted by Gasteiger charge is 2.28. The van der Waals surface area contributed by atoms with E-state index in [1.165, 1.54) is 22.7 Å². The average Bonchev–Trinajstić information content (AvgIpc) is 2.60. The molecule has 0 aliphatic rings. The molecule has 2 aromatic rings. The second-order valence-corrected chi connectivity index (χ2v) is 3.92. The molecule has 0 unspecified atom stereocenters. The van der Waals surface area contributed by atoms with Crippen LogP contribution in [0.4, 0.5) is 8.78 Å². The summed E-state index contributed by atoms with van der Waals surface area (Å²) in [6.45, 7) is 2.35. The molecule has 0 N–H and O–H groups in total. The van der Waals surface area contributed by atoms with Crippen molar-refractivity contribution in [2.75, 3.05) is 0 Å². The van der Waals surface area contributed by atoms with Gasteiger partial charge in [0, 0.05) is 24.4 Å². The molecule has 90 valence electrons. The minimum Gasteiger partial charge on any atom is -0.545 e. The van der Waals surface area contributed by atoms with Gasteiger partial charge in [-0.15, -0.1) is 0 Å². The fourth-order valence-electron chi connectivity index (χ4n) is 1.58. The molecule has 2 rings (SSSR count). The number of hydrogen-bond donors (Lipinski definition) is 0. The summed E-state index contributed by atoms with van der Waals surface area (Å²) in [6, 6.07) is 2.55. The SMILES string of the molecule is Cc1cc(C(=O)[O-])cc2nc(C(C)(F)F)cn12. The van der Waals surface area contributed by atoms with E-state index in [4.69, 9.17) is 0 Å². The summed E-state index contributed by atoms with van der Waals surface area (Å²) in [6.07, 6.45) is 1.20. The monoisotopic (exact) mass is 239 g/mol. The number of imidazole rings is 1. The number of hydrogen-bond acceptors (Lipinski definition) is 3. The van der Waals surface area contributed by atoms with E-state index < -0.39 is 17.6 Å². The summed E-state index contributed by atoms with van der Waals surface area (Å²) in [5.74, 6) is -4.41. The van der Waals surface area contributed by atoms with Crippen LogP contribution in [0.2, 0.25) is 0 Å². The lowest BCUT2D eigenvalue weighted by Crippen LogP contribution is -2.22. The first-order chi connectivity index (χ1) is 7.79. The molecule has 0 amide bonds. The van der Waals surface area contributed by atoms with E-state index in [-0.39, 0.29) is 11.2 Å². The molecule has 0 radical (unpaired) electrons. The van der Waals surface area contributed by atoms with Crippen LogP contribution >= 0.6 is 0 Å². The van der Waals surface area contributed by atoms with Gasteiger partial charge in [-0.05, 0) is 19.1 Å². The molecule has 0 aromatic carbocycles. The highest BCUT2D eigenvalue weighted by Crippen LogP contribution is 2.26. The van der Waals surface area contributed by atoms with Gasteiger partial charge >= 0.3 is 0 Å². The van der Waals surface area contributed by atoms with Crippen molar-refractivity contribution in [3.8, 4) is 0 Å². The fraction of sp³-hybridized carbons (Fsp3) is 0.273.